The van der Waals surface area contributed by atoms with Crippen LogP contribution in [0.4, 0.5) is 10.1 Å². The average Bonchev–Trinajstić information content (AvgIpc) is 3.42. The second kappa shape index (κ2) is 11.5. The van der Waals surface area contributed by atoms with E-state index in [0.717, 1.165) is 11.1 Å². The number of carbonyl (C=O) groups excluding carboxylic acids is 1. The SMILES string of the molecule is O=C(NCCC(c1ccccc1)c1ccccc1)c1cc(-c2ccc(F)cc2)nn1-c1ccc([N+](=O)[O-])cc1. The fraction of sp³-hybridized carbons (Fsp3) is 0.0968. The van der Waals surface area contributed by atoms with E-state index in [1.807, 2.05) is 36.4 Å². The molecule has 8 heteroatoms. The van der Waals surface area contributed by atoms with E-state index in [-0.39, 0.29) is 29.0 Å². The molecule has 39 heavy (non-hydrogen) atoms. The van der Waals surface area contributed by atoms with E-state index in [9.17, 15) is 19.3 Å². The Bertz CT molecular complexity index is 1530. The number of halogens is 1. The van der Waals surface area contributed by atoms with Crippen molar-refractivity contribution in [3.63, 3.8) is 0 Å². The molecule has 0 aliphatic carbocycles. The third-order valence-electron chi connectivity index (χ3n) is 6.51. The molecule has 0 radical (unpaired) electrons. The predicted octanol–water partition coefficient (Wildman–Crippen LogP) is 6.54. The first kappa shape index (κ1) is 25.5. The van der Waals surface area contributed by atoms with Crippen molar-refractivity contribution < 1.29 is 14.1 Å². The first-order chi connectivity index (χ1) is 19.0. The molecule has 0 aliphatic rings. The van der Waals surface area contributed by atoms with E-state index in [1.165, 1.54) is 41.1 Å². The summed E-state index contributed by atoms with van der Waals surface area (Å²) >= 11 is 0. The average molecular weight is 521 g/mol. The minimum absolute atomic E-state index is 0.0662. The van der Waals surface area contributed by atoms with E-state index >= 15 is 0 Å². The van der Waals surface area contributed by atoms with Crippen molar-refractivity contribution >= 4 is 11.6 Å². The molecule has 4 aromatic carbocycles. The Morgan fingerprint density at radius 1 is 0.872 bits per heavy atom. The summed E-state index contributed by atoms with van der Waals surface area (Å²) in [5.74, 6) is -0.617. The first-order valence-corrected chi connectivity index (χ1v) is 12.5. The third kappa shape index (κ3) is 5.91. The number of rotatable bonds is 9. The first-order valence-electron chi connectivity index (χ1n) is 12.5. The number of nitrogens with zero attached hydrogens (tertiary/aromatic N) is 3. The highest BCUT2D eigenvalue weighted by Gasteiger charge is 2.20. The Balaban J connectivity index is 1.41. The van der Waals surface area contributed by atoms with Gasteiger partial charge in [0.25, 0.3) is 11.6 Å². The molecule has 0 spiro atoms. The Hall–Kier alpha value is -5.11. The van der Waals surface area contributed by atoms with Crippen LogP contribution in [0.2, 0.25) is 0 Å². The molecule has 0 aliphatic heterocycles. The number of benzene rings is 4. The van der Waals surface area contributed by atoms with E-state index in [2.05, 4.69) is 34.7 Å². The molecule has 5 aromatic rings. The summed E-state index contributed by atoms with van der Waals surface area (Å²) in [5.41, 5.74) is 4.12. The summed E-state index contributed by atoms with van der Waals surface area (Å²) in [7, 11) is 0. The largest absolute Gasteiger partial charge is 0.351 e. The number of carbonyl (C=O) groups is 1. The summed E-state index contributed by atoms with van der Waals surface area (Å²) in [6.07, 6.45) is 0.677. The van der Waals surface area contributed by atoms with Crippen LogP contribution < -0.4 is 5.32 Å². The van der Waals surface area contributed by atoms with Gasteiger partial charge in [-0.2, -0.15) is 5.10 Å². The van der Waals surface area contributed by atoms with Gasteiger partial charge >= 0.3 is 0 Å². The number of non-ortho nitro benzene ring substituents is 1. The van der Waals surface area contributed by atoms with E-state index in [0.29, 0.717) is 29.9 Å². The number of amides is 1. The molecule has 194 valence electrons. The molecule has 1 N–H and O–H groups in total. The second-order valence-corrected chi connectivity index (χ2v) is 9.03. The van der Waals surface area contributed by atoms with E-state index in [4.69, 9.17) is 0 Å². The van der Waals surface area contributed by atoms with Gasteiger partial charge < -0.3 is 5.32 Å². The van der Waals surface area contributed by atoms with Gasteiger partial charge in [-0.05, 0) is 60.0 Å². The zero-order valence-corrected chi connectivity index (χ0v) is 20.9. The molecule has 0 saturated carbocycles. The molecule has 0 saturated heterocycles. The lowest BCUT2D eigenvalue weighted by atomic mass is 9.88. The molecule has 5 rings (SSSR count). The van der Waals surface area contributed by atoms with Crippen molar-refractivity contribution in [3.8, 4) is 16.9 Å². The van der Waals surface area contributed by atoms with Crippen LogP contribution in [0.1, 0.15) is 34.0 Å². The van der Waals surface area contributed by atoms with Crippen molar-refractivity contribution in [2.45, 2.75) is 12.3 Å². The van der Waals surface area contributed by atoms with Gasteiger partial charge in [0.2, 0.25) is 0 Å². The highest BCUT2D eigenvalue weighted by Crippen LogP contribution is 2.28. The summed E-state index contributed by atoms with van der Waals surface area (Å²) in [4.78, 5) is 24.0. The monoisotopic (exact) mass is 520 g/mol. The molecular weight excluding hydrogens is 495 g/mol. The van der Waals surface area contributed by atoms with Crippen molar-refractivity contribution in [2.24, 2.45) is 0 Å². The topological polar surface area (TPSA) is 90.1 Å². The summed E-state index contributed by atoms with van der Waals surface area (Å²) in [6, 6.07) is 33.6. The lowest BCUT2D eigenvalue weighted by molar-refractivity contribution is -0.384. The van der Waals surface area contributed by atoms with Crippen molar-refractivity contribution in [2.75, 3.05) is 6.54 Å². The van der Waals surface area contributed by atoms with Gasteiger partial charge in [0.1, 0.15) is 11.5 Å². The van der Waals surface area contributed by atoms with Gasteiger partial charge in [-0.1, -0.05) is 60.7 Å². The zero-order valence-electron chi connectivity index (χ0n) is 20.9. The Morgan fingerprint density at radius 3 is 2.03 bits per heavy atom. The van der Waals surface area contributed by atoms with Gasteiger partial charge in [0.15, 0.2) is 0 Å². The van der Waals surface area contributed by atoms with Gasteiger partial charge in [0.05, 0.1) is 16.3 Å². The van der Waals surface area contributed by atoms with Crippen LogP contribution in [0.15, 0.2) is 115 Å². The molecule has 0 bridgehead atoms. The Kier molecular flexibility index (Phi) is 7.54. The van der Waals surface area contributed by atoms with Crippen LogP contribution in [0, 0.1) is 15.9 Å². The van der Waals surface area contributed by atoms with E-state index in [1.54, 1.807) is 18.2 Å². The van der Waals surface area contributed by atoms with E-state index < -0.39 is 4.92 Å². The number of hydrogen-bond donors (Lipinski definition) is 1. The maximum atomic E-state index is 13.5. The number of hydrogen-bond acceptors (Lipinski definition) is 4. The summed E-state index contributed by atoms with van der Waals surface area (Å²) < 4.78 is 14.9. The minimum Gasteiger partial charge on any atom is -0.351 e. The van der Waals surface area contributed by atoms with Crippen LogP contribution in [0.25, 0.3) is 16.9 Å². The van der Waals surface area contributed by atoms with Crippen LogP contribution in [0.5, 0.6) is 0 Å². The number of nitro benzene ring substituents is 1. The Labute approximate surface area is 224 Å². The highest BCUT2D eigenvalue weighted by atomic mass is 19.1. The number of aromatic nitrogens is 2. The molecular formula is C31H25FN4O3. The van der Waals surface area contributed by atoms with Gasteiger partial charge in [-0.15, -0.1) is 0 Å². The highest BCUT2D eigenvalue weighted by molar-refractivity contribution is 5.94. The molecule has 0 atom stereocenters. The lowest BCUT2D eigenvalue weighted by Gasteiger charge is -2.18. The van der Waals surface area contributed by atoms with Crippen molar-refractivity contribution in [1.29, 1.82) is 0 Å². The van der Waals surface area contributed by atoms with Gasteiger partial charge in [0, 0.05) is 30.2 Å². The summed E-state index contributed by atoms with van der Waals surface area (Å²) in [5, 5.41) is 18.7. The molecule has 7 nitrogen and oxygen atoms in total. The fourth-order valence-electron chi connectivity index (χ4n) is 4.53. The van der Waals surface area contributed by atoms with Crippen molar-refractivity contribution in [3.05, 3.63) is 148 Å². The maximum absolute atomic E-state index is 13.5. The molecule has 1 aromatic heterocycles. The third-order valence-corrected chi connectivity index (χ3v) is 6.51. The summed E-state index contributed by atoms with van der Waals surface area (Å²) in [6.45, 7) is 0.407. The molecule has 0 fully saturated rings. The smallest absolute Gasteiger partial charge is 0.270 e. The quantitative estimate of drug-likeness (QED) is 0.177. The van der Waals surface area contributed by atoms with Gasteiger partial charge in [-0.3, -0.25) is 14.9 Å². The lowest BCUT2D eigenvalue weighted by Crippen LogP contribution is -2.28. The number of nitrogens with one attached hydrogen (secondary N) is 1. The molecule has 1 amide bonds. The zero-order chi connectivity index (χ0) is 27.2. The van der Waals surface area contributed by atoms with Crippen molar-refractivity contribution in [1.82, 2.24) is 15.1 Å². The molecule has 1 heterocycles. The van der Waals surface area contributed by atoms with Gasteiger partial charge in [-0.25, -0.2) is 9.07 Å². The standard InChI is InChI=1S/C31H25FN4O3/c32-25-13-11-24(12-14-25)29-21-30(35(34-29)26-15-17-27(18-16-26)36(38)39)31(37)33-20-19-28(22-7-3-1-4-8-22)23-9-5-2-6-10-23/h1-18,21,28H,19-20H2,(H,33,37). The maximum Gasteiger partial charge on any atom is 0.270 e. The Morgan fingerprint density at radius 2 is 1.46 bits per heavy atom. The van der Waals surface area contributed by atoms with Crippen LogP contribution in [-0.4, -0.2) is 27.2 Å². The minimum atomic E-state index is -0.486. The van der Waals surface area contributed by atoms with Crippen LogP contribution >= 0.6 is 0 Å². The fourth-order valence-corrected chi connectivity index (χ4v) is 4.53. The second-order valence-electron chi connectivity index (χ2n) is 9.03. The normalized spacial score (nSPS) is 10.9. The number of nitro groups is 1. The molecule has 0 unspecified atom stereocenters. The van der Waals surface area contributed by atoms with Crippen LogP contribution in [-0.2, 0) is 0 Å². The predicted molar refractivity (Wildman–Crippen MR) is 147 cm³/mol. The van der Waals surface area contributed by atoms with Crippen LogP contribution in [0.3, 0.4) is 0 Å².